The Morgan fingerprint density at radius 2 is 1.88 bits per heavy atom. The summed E-state index contributed by atoms with van der Waals surface area (Å²) in [5, 5.41) is 0. The number of nitrogens with zero attached hydrogens (tertiary/aromatic N) is 1. The van der Waals surface area contributed by atoms with E-state index in [-0.39, 0.29) is 25.9 Å². The first-order valence-corrected chi connectivity index (χ1v) is 7.40. The third-order valence-electron chi connectivity index (χ3n) is 3.55. The molecule has 1 aliphatic rings. The van der Waals surface area contributed by atoms with Crippen LogP contribution >= 0.6 is 0 Å². The van der Waals surface area contributed by atoms with Crippen LogP contribution < -0.4 is 11.2 Å². The maximum atomic E-state index is 11.8. The SMILES string of the molecule is O=C(OCC1OCC(n2ccc(=O)[nH]c2=O)CO1)c1ccccc1. The topological polar surface area (TPSA) is 99.6 Å². The Kier molecular flexibility index (Phi) is 4.88. The van der Waals surface area contributed by atoms with E-state index in [1.165, 1.54) is 16.8 Å². The molecule has 0 atom stereocenters. The summed E-state index contributed by atoms with van der Waals surface area (Å²) in [6, 6.07) is 9.52. The van der Waals surface area contributed by atoms with Gasteiger partial charge >= 0.3 is 11.7 Å². The van der Waals surface area contributed by atoms with Crippen molar-refractivity contribution in [2.24, 2.45) is 0 Å². The summed E-state index contributed by atoms with van der Waals surface area (Å²) in [6.45, 7) is 0.375. The highest BCUT2D eigenvalue weighted by molar-refractivity contribution is 5.89. The Balaban J connectivity index is 1.51. The molecule has 1 fully saturated rings. The Hall–Kier alpha value is -2.71. The molecular weight excluding hydrogens is 316 g/mol. The normalized spacial score (nSPS) is 20.5. The van der Waals surface area contributed by atoms with Gasteiger partial charge in [-0.2, -0.15) is 0 Å². The molecule has 1 N–H and O–H groups in total. The minimum atomic E-state index is -0.688. The Morgan fingerprint density at radius 1 is 1.17 bits per heavy atom. The van der Waals surface area contributed by atoms with Crippen LogP contribution in [0.4, 0.5) is 0 Å². The number of carbonyl (C=O) groups excluding carboxylic acids is 1. The van der Waals surface area contributed by atoms with Crippen LogP contribution in [0.2, 0.25) is 0 Å². The number of aromatic amines is 1. The van der Waals surface area contributed by atoms with E-state index in [4.69, 9.17) is 14.2 Å². The number of carbonyl (C=O) groups is 1. The van der Waals surface area contributed by atoms with Gasteiger partial charge in [0.1, 0.15) is 6.61 Å². The fourth-order valence-electron chi connectivity index (χ4n) is 2.31. The van der Waals surface area contributed by atoms with Gasteiger partial charge in [-0.3, -0.25) is 14.3 Å². The predicted octanol–water partition coefficient (Wildman–Crippen LogP) is 0.308. The van der Waals surface area contributed by atoms with E-state index in [2.05, 4.69) is 4.98 Å². The minimum Gasteiger partial charge on any atom is -0.457 e. The zero-order valence-corrected chi connectivity index (χ0v) is 12.7. The van der Waals surface area contributed by atoms with Gasteiger partial charge in [0.2, 0.25) is 0 Å². The van der Waals surface area contributed by atoms with Crippen molar-refractivity contribution >= 4 is 5.97 Å². The van der Waals surface area contributed by atoms with Crippen molar-refractivity contribution in [2.75, 3.05) is 19.8 Å². The van der Waals surface area contributed by atoms with Crippen molar-refractivity contribution in [3.63, 3.8) is 0 Å². The zero-order chi connectivity index (χ0) is 16.9. The Morgan fingerprint density at radius 3 is 2.54 bits per heavy atom. The van der Waals surface area contributed by atoms with E-state index in [1.807, 2.05) is 6.07 Å². The van der Waals surface area contributed by atoms with E-state index in [9.17, 15) is 14.4 Å². The molecule has 2 heterocycles. The monoisotopic (exact) mass is 332 g/mol. The third-order valence-corrected chi connectivity index (χ3v) is 3.55. The van der Waals surface area contributed by atoms with Gasteiger partial charge in [0, 0.05) is 12.3 Å². The van der Waals surface area contributed by atoms with Crippen molar-refractivity contribution < 1.29 is 19.0 Å². The van der Waals surface area contributed by atoms with Crippen molar-refractivity contribution in [3.8, 4) is 0 Å². The first-order valence-electron chi connectivity index (χ1n) is 7.40. The molecule has 0 saturated carbocycles. The van der Waals surface area contributed by atoms with Crippen molar-refractivity contribution in [2.45, 2.75) is 12.3 Å². The standard InChI is InChI=1S/C16H16N2O6/c19-13-6-7-18(16(21)17-13)12-8-22-14(23-9-12)10-24-15(20)11-4-2-1-3-5-11/h1-7,12,14H,8-10H2,(H,17,19,21). The van der Waals surface area contributed by atoms with Gasteiger partial charge in [0.25, 0.3) is 5.56 Å². The van der Waals surface area contributed by atoms with Crippen LogP contribution in [0.1, 0.15) is 16.4 Å². The van der Waals surface area contributed by atoms with Gasteiger partial charge in [-0.15, -0.1) is 0 Å². The van der Waals surface area contributed by atoms with Crippen LogP contribution in [0.15, 0.2) is 52.2 Å². The summed E-state index contributed by atoms with van der Waals surface area (Å²) < 4.78 is 17.4. The summed E-state index contributed by atoms with van der Waals surface area (Å²) in [6.07, 6.45) is 0.710. The van der Waals surface area contributed by atoms with Gasteiger partial charge in [0.15, 0.2) is 6.29 Å². The molecule has 3 rings (SSSR count). The number of esters is 1. The van der Waals surface area contributed by atoms with Gasteiger partial charge in [-0.05, 0) is 12.1 Å². The molecule has 2 aromatic rings. The molecule has 1 saturated heterocycles. The van der Waals surface area contributed by atoms with Crippen LogP contribution in [0.3, 0.4) is 0 Å². The lowest BCUT2D eigenvalue weighted by molar-refractivity contribution is -0.211. The van der Waals surface area contributed by atoms with Gasteiger partial charge in [-0.25, -0.2) is 9.59 Å². The largest absolute Gasteiger partial charge is 0.457 e. The third kappa shape index (κ3) is 3.79. The lowest BCUT2D eigenvalue weighted by Crippen LogP contribution is -2.41. The first-order chi connectivity index (χ1) is 11.6. The molecule has 0 unspecified atom stereocenters. The van der Waals surface area contributed by atoms with Gasteiger partial charge in [-0.1, -0.05) is 18.2 Å². The van der Waals surface area contributed by atoms with Gasteiger partial charge < -0.3 is 14.2 Å². The number of nitrogens with one attached hydrogen (secondary N) is 1. The van der Waals surface area contributed by atoms with Crippen LogP contribution in [0.25, 0.3) is 0 Å². The molecule has 0 aliphatic carbocycles. The van der Waals surface area contributed by atoms with Crippen molar-refractivity contribution in [1.82, 2.24) is 9.55 Å². The number of aromatic nitrogens is 2. The zero-order valence-electron chi connectivity index (χ0n) is 12.7. The van der Waals surface area contributed by atoms with Crippen LogP contribution in [-0.4, -0.2) is 41.6 Å². The van der Waals surface area contributed by atoms with E-state index in [0.717, 1.165) is 0 Å². The summed E-state index contributed by atoms with van der Waals surface area (Å²) in [4.78, 5) is 36.8. The smallest absolute Gasteiger partial charge is 0.338 e. The highest BCUT2D eigenvalue weighted by Crippen LogP contribution is 2.15. The number of rotatable bonds is 4. The minimum absolute atomic E-state index is 0.0407. The Labute approximate surface area is 136 Å². The average Bonchev–Trinajstić information content (AvgIpc) is 2.61. The number of ether oxygens (including phenoxy) is 3. The van der Waals surface area contributed by atoms with Crippen molar-refractivity contribution in [3.05, 3.63) is 69.0 Å². The summed E-state index contributed by atoms with van der Waals surface area (Å²) in [5.41, 5.74) is -0.528. The first kappa shape index (κ1) is 16.2. The molecule has 0 amide bonds. The van der Waals surface area contributed by atoms with Crippen LogP contribution in [-0.2, 0) is 14.2 Å². The van der Waals surface area contributed by atoms with E-state index in [0.29, 0.717) is 5.56 Å². The lowest BCUT2D eigenvalue weighted by Gasteiger charge is -2.29. The fraction of sp³-hybridized carbons (Fsp3) is 0.312. The molecule has 8 nitrogen and oxygen atoms in total. The predicted molar refractivity (Wildman–Crippen MR) is 82.8 cm³/mol. The van der Waals surface area contributed by atoms with E-state index in [1.54, 1.807) is 24.3 Å². The molecule has 24 heavy (non-hydrogen) atoms. The molecule has 126 valence electrons. The van der Waals surface area contributed by atoms with Gasteiger partial charge in [0.05, 0.1) is 24.8 Å². The second-order valence-corrected chi connectivity index (χ2v) is 5.23. The molecule has 0 radical (unpaired) electrons. The number of H-pyrrole nitrogens is 1. The number of hydrogen-bond donors (Lipinski definition) is 1. The average molecular weight is 332 g/mol. The molecule has 1 aromatic heterocycles. The molecular formula is C16H16N2O6. The molecule has 1 aromatic carbocycles. The number of benzene rings is 1. The summed E-state index contributed by atoms with van der Waals surface area (Å²) in [7, 11) is 0. The molecule has 1 aliphatic heterocycles. The van der Waals surface area contributed by atoms with E-state index >= 15 is 0 Å². The fourth-order valence-corrected chi connectivity index (χ4v) is 2.31. The van der Waals surface area contributed by atoms with Crippen LogP contribution in [0.5, 0.6) is 0 Å². The quantitative estimate of drug-likeness (QED) is 0.809. The maximum absolute atomic E-state index is 11.8. The maximum Gasteiger partial charge on any atom is 0.338 e. The Bertz CT molecular complexity index is 805. The van der Waals surface area contributed by atoms with Crippen LogP contribution in [0, 0.1) is 0 Å². The van der Waals surface area contributed by atoms with E-state index < -0.39 is 23.5 Å². The number of hydrogen-bond acceptors (Lipinski definition) is 6. The highest BCUT2D eigenvalue weighted by atomic mass is 16.7. The molecule has 8 heteroatoms. The lowest BCUT2D eigenvalue weighted by atomic mass is 10.2. The second-order valence-electron chi connectivity index (χ2n) is 5.23. The summed E-state index contributed by atoms with van der Waals surface area (Å²) in [5.74, 6) is -0.457. The summed E-state index contributed by atoms with van der Waals surface area (Å²) >= 11 is 0. The second kappa shape index (κ2) is 7.24. The van der Waals surface area contributed by atoms with Crippen molar-refractivity contribution in [1.29, 1.82) is 0 Å². The highest BCUT2D eigenvalue weighted by Gasteiger charge is 2.25. The molecule has 0 spiro atoms. The molecule has 0 bridgehead atoms.